The summed E-state index contributed by atoms with van der Waals surface area (Å²) >= 11 is 0. The summed E-state index contributed by atoms with van der Waals surface area (Å²) in [7, 11) is 0. The summed E-state index contributed by atoms with van der Waals surface area (Å²) in [6.07, 6.45) is -1.74. The van der Waals surface area contributed by atoms with Gasteiger partial charge in [0, 0.05) is 0 Å². The molecule has 0 bridgehead atoms. The zero-order valence-electron chi connectivity index (χ0n) is 8.71. The Balaban J connectivity index is 3.08. The molecule has 4 heteroatoms. The monoisotopic (exact) mass is 228 g/mol. The van der Waals surface area contributed by atoms with E-state index in [9.17, 15) is 18.0 Å². The van der Waals surface area contributed by atoms with E-state index in [4.69, 9.17) is 0 Å². The second kappa shape index (κ2) is 4.96. The Bertz CT molecular complexity index is 405. The van der Waals surface area contributed by atoms with Crippen molar-refractivity contribution in [3.63, 3.8) is 0 Å². The standard InChI is InChI=1S/C12H11F3O/c1-2-9(8-16)6-10-4-3-5-11(7-10)12(13,14)15/h3-8H,2H2,1H3. The summed E-state index contributed by atoms with van der Waals surface area (Å²) in [5, 5.41) is 0. The number of allylic oxidation sites excluding steroid dienone is 1. The highest BCUT2D eigenvalue weighted by Gasteiger charge is 2.30. The highest BCUT2D eigenvalue weighted by atomic mass is 19.4. The Morgan fingerprint density at radius 3 is 2.56 bits per heavy atom. The quantitative estimate of drug-likeness (QED) is 0.569. The molecule has 16 heavy (non-hydrogen) atoms. The fourth-order valence-corrected chi connectivity index (χ4v) is 1.24. The lowest BCUT2D eigenvalue weighted by atomic mass is 10.1. The molecule has 0 spiro atoms. The largest absolute Gasteiger partial charge is 0.416 e. The first-order valence-corrected chi connectivity index (χ1v) is 4.80. The number of alkyl halides is 3. The van der Waals surface area contributed by atoms with Crippen LogP contribution in [0.3, 0.4) is 0 Å². The molecule has 0 atom stereocenters. The molecular formula is C12H11F3O. The molecule has 0 radical (unpaired) electrons. The van der Waals surface area contributed by atoms with Crippen LogP contribution in [0.1, 0.15) is 24.5 Å². The van der Waals surface area contributed by atoms with E-state index in [1.54, 1.807) is 6.92 Å². The van der Waals surface area contributed by atoms with Crippen molar-refractivity contribution >= 4 is 12.4 Å². The molecule has 1 aromatic rings. The molecule has 0 amide bonds. The van der Waals surface area contributed by atoms with E-state index in [1.807, 2.05) is 0 Å². The van der Waals surface area contributed by atoms with Crippen molar-refractivity contribution < 1.29 is 18.0 Å². The molecule has 0 saturated heterocycles. The molecule has 86 valence electrons. The molecule has 0 saturated carbocycles. The number of hydrogen-bond donors (Lipinski definition) is 0. The number of halogens is 3. The fraction of sp³-hybridized carbons (Fsp3) is 0.250. The van der Waals surface area contributed by atoms with Crippen LogP contribution in [0.4, 0.5) is 13.2 Å². The van der Waals surface area contributed by atoms with Crippen molar-refractivity contribution in [1.29, 1.82) is 0 Å². The first kappa shape index (κ1) is 12.5. The highest BCUT2D eigenvalue weighted by Crippen LogP contribution is 2.29. The number of hydrogen-bond acceptors (Lipinski definition) is 1. The third-order valence-corrected chi connectivity index (χ3v) is 2.13. The van der Waals surface area contributed by atoms with Crippen molar-refractivity contribution in [3.8, 4) is 0 Å². The maximum absolute atomic E-state index is 12.4. The van der Waals surface area contributed by atoms with Gasteiger partial charge in [-0.25, -0.2) is 0 Å². The summed E-state index contributed by atoms with van der Waals surface area (Å²) in [5.74, 6) is 0. The van der Waals surface area contributed by atoms with E-state index >= 15 is 0 Å². The van der Waals surface area contributed by atoms with E-state index in [0.29, 0.717) is 23.8 Å². The van der Waals surface area contributed by atoms with Crippen LogP contribution in [-0.4, -0.2) is 6.29 Å². The normalized spacial score (nSPS) is 12.6. The molecule has 1 nitrogen and oxygen atoms in total. The van der Waals surface area contributed by atoms with Crippen molar-refractivity contribution in [2.75, 3.05) is 0 Å². The second-order valence-corrected chi connectivity index (χ2v) is 3.31. The van der Waals surface area contributed by atoms with Gasteiger partial charge in [-0.2, -0.15) is 13.2 Å². The Kier molecular flexibility index (Phi) is 3.88. The summed E-state index contributed by atoms with van der Waals surface area (Å²) < 4.78 is 37.1. The Labute approximate surface area is 91.6 Å². The van der Waals surface area contributed by atoms with E-state index in [-0.39, 0.29) is 0 Å². The number of aldehydes is 1. The van der Waals surface area contributed by atoms with Gasteiger partial charge in [-0.15, -0.1) is 0 Å². The van der Waals surface area contributed by atoms with Crippen LogP contribution in [0, 0.1) is 0 Å². The summed E-state index contributed by atoms with van der Waals surface area (Å²) in [5.41, 5.74) is 0.153. The topological polar surface area (TPSA) is 17.1 Å². The molecule has 0 unspecified atom stereocenters. The average Bonchev–Trinajstić information content (AvgIpc) is 2.25. The van der Waals surface area contributed by atoms with Crippen LogP contribution in [0.5, 0.6) is 0 Å². The lowest BCUT2D eigenvalue weighted by molar-refractivity contribution is -0.137. The van der Waals surface area contributed by atoms with Gasteiger partial charge in [-0.05, 0) is 35.8 Å². The van der Waals surface area contributed by atoms with E-state index < -0.39 is 11.7 Å². The van der Waals surface area contributed by atoms with Crippen molar-refractivity contribution in [2.45, 2.75) is 19.5 Å². The van der Waals surface area contributed by atoms with E-state index in [2.05, 4.69) is 0 Å². The van der Waals surface area contributed by atoms with E-state index in [1.165, 1.54) is 18.2 Å². The average molecular weight is 228 g/mol. The Morgan fingerprint density at radius 2 is 2.06 bits per heavy atom. The number of rotatable bonds is 3. The van der Waals surface area contributed by atoms with Crippen molar-refractivity contribution in [1.82, 2.24) is 0 Å². The minimum absolute atomic E-state index is 0.388. The molecule has 0 aromatic heterocycles. The number of carbonyl (C=O) groups is 1. The van der Waals surface area contributed by atoms with Gasteiger partial charge in [0.2, 0.25) is 0 Å². The first-order chi connectivity index (χ1) is 7.47. The first-order valence-electron chi connectivity index (χ1n) is 4.80. The van der Waals surface area contributed by atoms with Gasteiger partial charge < -0.3 is 0 Å². The zero-order valence-corrected chi connectivity index (χ0v) is 8.71. The molecular weight excluding hydrogens is 217 g/mol. The van der Waals surface area contributed by atoms with Crippen molar-refractivity contribution in [2.24, 2.45) is 0 Å². The third-order valence-electron chi connectivity index (χ3n) is 2.13. The lowest BCUT2D eigenvalue weighted by Gasteiger charge is -2.07. The summed E-state index contributed by atoms with van der Waals surface area (Å²) in [4.78, 5) is 10.5. The summed E-state index contributed by atoms with van der Waals surface area (Å²) in [6.45, 7) is 1.77. The molecule has 0 aliphatic heterocycles. The Hall–Kier alpha value is -1.58. The lowest BCUT2D eigenvalue weighted by Crippen LogP contribution is -2.04. The molecule has 1 aromatic carbocycles. The zero-order chi connectivity index (χ0) is 12.2. The molecule has 1 rings (SSSR count). The number of carbonyl (C=O) groups excluding carboxylic acids is 1. The van der Waals surface area contributed by atoms with Gasteiger partial charge in [0.1, 0.15) is 6.29 Å². The van der Waals surface area contributed by atoms with Gasteiger partial charge in [-0.1, -0.05) is 19.1 Å². The van der Waals surface area contributed by atoms with Crippen LogP contribution in [0.2, 0.25) is 0 Å². The minimum atomic E-state index is -4.35. The van der Waals surface area contributed by atoms with Crippen LogP contribution >= 0.6 is 0 Å². The number of benzene rings is 1. The minimum Gasteiger partial charge on any atom is -0.298 e. The SMILES string of the molecule is CCC(C=O)=Cc1cccc(C(F)(F)F)c1. The molecule has 0 aliphatic rings. The maximum Gasteiger partial charge on any atom is 0.416 e. The molecule has 0 fully saturated rings. The van der Waals surface area contributed by atoms with Crippen LogP contribution in [0.15, 0.2) is 29.8 Å². The van der Waals surface area contributed by atoms with Gasteiger partial charge in [0.05, 0.1) is 5.56 Å². The predicted octanol–water partition coefficient (Wildman–Crippen LogP) is 3.70. The van der Waals surface area contributed by atoms with Gasteiger partial charge >= 0.3 is 6.18 Å². The maximum atomic E-state index is 12.4. The van der Waals surface area contributed by atoms with Crippen LogP contribution < -0.4 is 0 Å². The molecule has 0 heterocycles. The van der Waals surface area contributed by atoms with Crippen LogP contribution in [0.25, 0.3) is 6.08 Å². The molecule has 0 aliphatic carbocycles. The second-order valence-electron chi connectivity index (χ2n) is 3.31. The molecule has 0 N–H and O–H groups in total. The van der Waals surface area contributed by atoms with E-state index in [0.717, 1.165) is 12.1 Å². The summed E-state index contributed by atoms with van der Waals surface area (Å²) in [6, 6.07) is 4.89. The highest BCUT2D eigenvalue weighted by molar-refractivity contribution is 5.81. The third kappa shape index (κ3) is 3.22. The smallest absolute Gasteiger partial charge is 0.298 e. The predicted molar refractivity (Wildman–Crippen MR) is 55.8 cm³/mol. The van der Waals surface area contributed by atoms with Crippen LogP contribution in [-0.2, 0) is 11.0 Å². The van der Waals surface area contributed by atoms with Gasteiger partial charge in [-0.3, -0.25) is 4.79 Å². The van der Waals surface area contributed by atoms with Gasteiger partial charge in [0.25, 0.3) is 0 Å². The fourth-order valence-electron chi connectivity index (χ4n) is 1.24. The van der Waals surface area contributed by atoms with Crippen molar-refractivity contribution in [3.05, 3.63) is 41.0 Å². The Morgan fingerprint density at radius 1 is 1.38 bits per heavy atom. The van der Waals surface area contributed by atoms with Gasteiger partial charge in [0.15, 0.2) is 0 Å².